The highest BCUT2D eigenvalue weighted by Gasteiger charge is 2.54. The van der Waals surface area contributed by atoms with Crippen LogP contribution in [0.2, 0.25) is 0 Å². The van der Waals surface area contributed by atoms with Gasteiger partial charge in [0.1, 0.15) is 12.7 Å². The largest absolute Gasteiger partial charge is 0.463 e. The van der Waals surface area contributed by atoms with E-state index in [0.29, 0.717) is 11.1 Å². The number of fused-ring (bicyclic) bond motifs is 1. The second kappa shape index (κ2) is 12.6. The van der Waals surface area contributed by atoms with E-state index in [2.05, 4.69) is 4.98 Å². The fourth-order valence-electron chi connectivity index (χ4n) is 4.36. The smallest absolute Gasteiger partial charge is 0.303 e. The van der Waals surface area contributed by atoms with Crippen molar-refractivity contribution >= 4 is 34.8 Å². The predicted molar refractivity (Wildman–Crippen MR) is 140 cm³/mol. The Balaban J connectivity index is 1.86. The Morgan fingerprint density at radius 2 is 1.37 bits per heavy atom. The second-order valence-electron chi connectivity index (χ2n) is 9.09. The van der Waals surface area contributed by atoms with E-state index >= 15 is 0 Å². The number of carbonyl (C=O) groups is 4. The molecule has 0 N–H and O–H groups in total. The second-order valence-corrected chi connectivity index (χ2v) is 9.09. The maximum Gasteiger partial charge on any atom is 0.303 e. The van der Waals surface area contributed by atoms with Crippen molar-refractivity contribution < 1.29 is 47.7 Å². The SMILES string of the molecule is CC(=O)OC[C@@H]1OC(On2c(-c3ccccc3)nc3ccccc3c2=O)[C@@H](OC(C)=O)[C@H](OC(C)=O)[C@H]1OC(C)=O. The number of hydrogen-bond acceptors (Lipinski definition) is 12. The van der Waals surface area contributed by atoms with Gasteiger partial charge in [-0.25, -0.2) is 4.98 Å². The Morgan fingerprint density at radius 3 is 2.00 bits per heavy atom. The lowest BCUT2D eigenvalue weighted by atomic mass is 9.98. The van der Waals surface area contributed by atoms with E-state index in [9.17, 15) is 24.0 Å². The third kappa shape index (κ3) is 6.87. The van der Waals surface area contributed by atoms with Crippen LogP contribution in [0.3, 0.4) is 0 Å². The van der Waals surface area contributed by atoms with Gasteiger partial charge in [-0.3, -0.25) is 24.0 Å². The molecule has 1 saturated heterocycles. The number of nitrogens with zero attached hydrogens (tertiary/aromatic N) is 2. The van der Waals surface area contributed by atoms with E-state index in [1.807, 2.05) is 0 Å². The molecule has 0 spiro atoms. The summed E-state index contributed by atoms with van der Waals surface area (Å²) in [5.74, 6) is -2.95. The Labute approximate surface area is 233 Å². The molecule has 1 unspecified atom stereocenters. The highest BCUT2D eigenvalue weighted by Crippen LogP contribution is 2.30. The number of ether oxygens (including phenoxy) is 5. The van der Waals surface area contributed by atoms with Gasteiger partial charge in [-0.05, 0) is 12.1 Å². The van der Waals surface area contributed by atoms with Gasteiger partial charge in [-0.1, -0.05) is 42.5 Å². The van der Waals surface area contributed by atoms with E-state index < -0.39 is 66.7 Å². The molecule has 0 bridgehead atoms. The maximum absolute atomic E-state index is 13.7. The van der Waals surface area contributed by atoms with Gasteiger partial charge < -0.3 is 28.5 Å². The van der Waals surface area contributed by atoms with Crippen molar-refractivity contribution in [2.45, 2.75) is 58.4 Å². The van der Waals surface area contributed by atoms with E-state index in [-0.39, 0.29) is 11.2 Å². The van der Waals surface area contributed by atoms with Crippen LogP contribution < -0.4 is 10.4 Å². The monoisotopic (exact) mass is 568 g/mol. The predicted octanol–water partition coefficient (Wildman–Crippen LogP) is 1.58. The van der Waals surface area contributed by atoms with E-state index in [4.69, 9.17) is 28.5 Å². The zero-order chi connectivity index (χ0) is 29.7. The minimum atomic E-state index is -1.63. The average molecular weight is 569 g/mol. The molecule has 1 aliphatic rings. The maximum atomic E-state index is 13.7. The quantitative estimate of drug-likeness (QED) is 0.286. The zero-order valence-electron chi connectivity index (χ0n) is 22.7. The third-order valence-electron chi connectivity index (χ3n) is 5.93. The number of rotatable bonds is 8. The molecule has 13 heteroatoms. The molecular weight excluding hydrogens is 540 g/mol. The molecule has 5 atom stereocenters. The fraction of sp³-hybridized carbons (Fsp3) is 0.357. The number of aromatic nitrogens is 2. The van der Waals surface area contributed by atoms with Gasteiger partial charge >= 0.3 is 23.9 Å². The van der Waals surface area contributed by atoms with Gasteiger partial charge in [-0.2, -0.15) is 0 Å². The minimum absolute atomic E-state index is 0.0992. The first-order valence-corrected chi connectivity index (χ1v) is 12.6. The van der Waals surface area contributed by atoms with Crippen LogP contribution in [0.1, 0.15) is 27.7 Å². The van der Waals surface area contributed by atoms with Gasteiger partial charge in [0.25, 0.3) is 11.8 Å². The Kier molecular flexibility index (Phi) is 8.97. The molecule has 0 saturated carbocycles. The first-order valence-electron chi connectivity index (χ1n) is 12.6. The number of benzene rings is 2. The van der Waals surface area contributed by atoms with Crippen molar-refractivity contribution in [2.75, 3.05) is 6.61 Å². The normalized spacial score (nSPS) is 21.9. The molecule has 3 aromatic rings. The molecule has 0 radical (unpaired) electrons. The Bertz CT molecular complexity index is 1500. The molecular formula is C28H28N2O11. The summed E-state index contributed by atoms with van der Waals surface area (Å²) < 4.78 is 28.3. The van der Waals surface area contributed by atoms with E-state index in [0.717, 1.165) is 32.4 Å². The summed E-state index contributed by atoms with van der Waals surface area (Å²) >= 11 is 0. The standard InChI is InChI=1S/C28H28N2O11/c1-15(31)36-14-22-23(37-16(2)32)24(38-17(3)33)25(39-18(4)34)28(40-22)41-30-26(19-10-6-5-7-11-19)29-21-13-9-8-12-20(21)27(30)35/h5-13,22-25,28H,14H2,1-4H3/t22-,23-,24+,25-,28?/m0/s1. The highest BCUT2D eigenvalue weighted by molar-refractivity contribution is 5.79. The summed E-state index contributed by atoms with van der Waals surface area (Å²) in [6.45, 7) is 4.03. The molecule has 41 heavy (non-hydrogen) atoms. The van der Waals surface area contributed by atoms with Crippen LogP contribution in [0.25, 0.3) is 22.3 Å². The first kappa shape index (κ1) is 29.2. The summed E-state index contributed by atoms with van der Waals surface area (Å²) in [4.78, 5) is 72.2. The number of hydrogen-bond donors (Lipinski definition) is 0. The molecule has 13 nitrogen and oxygen atoms in total. The molecule has 1 aromatic heterocycles. The fourth-order valence-corrected chi connectivity index (χ4v) is 4.36. The highest BCUT2D eigenvalue weighted by atomic mass is 16.8. The average Bonchev–Trinajstić information content (AvgIpc) is 2.92. The molecule has 0 amide bonds. The van der Waals surface area contributed by atoms with Gasteiger partial charge in [0.05, 0.1) is 10.9 Å². The van der Waals surface area contributed by atoms with Gasteiger partial charge in [0.2, 0.25) is 6.10 Å². The molecule has 1 aliphatic heterocycles. The topological polar surface area (TPSA) is 159 Å². The van der Waals surface area contributed by atoms with Crippen molar-refractivity contribution in [1.29, 1.82) is 0 Å². The van der Waals surface area contributed by atoms with Gasteiger partial charge in [0, 0.05) is 33.3 Å². The van der Waals surface area contributed by atoms with Crippen LogP contribution in [0, 0.1) is 0 Å². The minimum Gasteiger partial charge on any atom is -0.463 e. The van der Waals surface area contributed by atoms with Crippen molar-refractivity contribution in [3.63, 3.8) is 0 Å². The Hall–Kier alpha value is -4.78. The molecule has 2 aromatic carbocycles. The van der Waals surface area contributed by atoms with Crippen LogP contribution >= 0.6 is 0 Å². The summed E-state index contributed by atoms with van der Waals surface area (Å²) in [6, 6.07) is 15.3. The summed E-state index contributed by atoms with van der Waals surface area (Å²) in [7, 11) is 0. The summed E-state index contributed by atoms with van der Waals surface area (Å²) in [5, 5.41) is 0.220. The van der Waals surface area contributed by atoms with E-state index in [1.165, 1.54) is 0 Å². The molecule has 4 rings (SSSR count). The van der Waals surface area contributed by atoms with Crippen LogP contribution in [0.4, 0.5) is 0 Å². The van der Waals surface area contributed by atoms with Crippen LogP contribution in [0.15, 0.2) is 59.4 Å². The van der Waals surface area contributed by atoms with Gasteiger partial charge in [-0.15, -0.1) is 4.73 Å². The third-order valence-corrected chi connectivity index (χ3v) is 5.93. The number of para-hydroxylation sites is 1. The zero-order valence-corrected chi connectivity index (χ0v) is 22.7. The van der Waals surface area contributed by atoms with Crippen molar-refractivity contribution in [3.05, 3.63) is 65.0 Å². The number of esters is 4. The van der Waals surface area contributed by atoms with Crippen LogP contribution in [-0.2, 0) is 42.9 Å². The Morgan fingerprint density at radius 1 is 0.780 bits per heavy atom. The molecule has 1 fully saturated rings. The lowest BCUT2D eigenvalue weighted by Gasteiger charge is -2.43. The van der Waals surface area contributed by atoms with Crippen molar-refractivity contribution in [1.82, 2.24) is 9.71 Å². The van der Waals surface area contributed by atoms with Gasteiger partial charge in [0.15, 0.2) is 18.0 Å². The summed E-state index contributed by atoms with van der Waals surface area (Å²) in [5.41, 5.74) is 0.307. The van der Waals surface area contributed by atoms with Crippen molar-refractivity contribution in [3.8, 4) is 11.4 Å². The summed E-state index contributed by atoms with van der Waals surface area (Å²) in [6.07, 6.45) is -7.26. The molecule has 216 valence electrons. The van der Waals surface area contributed by atoms with Crippen LogP contribution in [-0.4, -0.2) is 70.9 Å². The van der Waals surface area contributed by atoms with E-state index in [1.54, 1.807) is 54.6 Å². The first-order chi connectivity index (χ1) is 19.5. The molecule has 0 aliphatic carbocycles. The lowest BCUT2D eigenvalue weighted by molar-refractivity contribution is -0.307. The lowest BCUT2D eigenvalue weighted by Crippen LogP contribution is -2.64. The van der Waals surface area contributed by atoms with Crippen LogP contribution in [0.5, 0.6) is 0 Å². The molecule has 2 heterocycles. The van der Waals surface area contributed by atoms with Crippen molar-refractivity contribution in [2.24, 2.45) is 0 Å². The number of carbonyl (C=O) groups excluding carboxylic acids is 4.